The molecule has 0 saturated carbocycles. The van der Waals surface area contributed by atoms with E-state index < -0.39 is 0 Å². The van der Waals surface area contributed by atoms with E-state index >= 15 is 0 Å². The standard InChI is InChI=1S/C25H18N2/c1-2-8-22-19(6-1)16-25(24-10-4-3-9-23(22)24)27-21-13-11-18(12-14-21)20-7-5-15-26-17-20/h1-17,27H. The molecule has 0 amide bonds. The molecule has 5 aromatic rings. The van der Waals surface area contributed by atoms with Gasteiger partial charge in [-0.25, -0.2) is 0 Å². The Kier molecular flexibility index (Phi) is 3.80. The number of hydrogen-bond acceptors (Lipinski definition) is 2. The van der Waals surface area contributed by atoms with E-state index in [2.05, 4.69) is 95.2 Å². The first-order chi connectivity index (χ1) is 13.4. The lowest BCUT2D eigenvalue weighted by Crippen LogP contribution is -1.92. The summed E-state index contributed by atoms with van der Waals surface area (Å²) in [6, 6.07) is 31.8. The van der Waals surface area contributed by atoms with Gasteiger partial charge in [0.2, 0.25) is 0 Å². The number of rotatable bonds is 3. The highest BCUT2D eigenvalue weighted by molar-refractivity contribution is 6.13. The average Bonchev–Trinajstić information content (AvgIpc) is 2.75. The second-order valence-electron chi connectivity index (χ2n) is 6.63. The molecule has 0 radical (unpaired) electrons. The molecule has 0 fully saturated rings. The molecule has 1 heterocycles. The van der Waals surface area contributed by atoms with Gasteiger partial charge < -0.3 is 5.32 Å². The third kappa shape index (κ3) is 2.91. The summed E-state index contributed by atoms with van der Waals surface area (Å²) < 4.78 is 0. The minimum Gasteiger partial charge on any atom is -0.355 e. The number of anilines is 2. The molecular formula is C25H18N2. The first-order valence-electron chi connectivity index (χ1n) is 9.06. The SMILES string of the molecule is c1cncc(-c2ccc(Nc3cc4ccccc4c4ccccc34)cc2)c1. The van der Waals surface area contributed by atoms with E-state index in [0.717, 1.165) is 22.5 Å². The quantitative estimate of drug-likeness (QED) is 0.363. The summed E-state index contributed by atoms with van der Waals surface area (Å²) in [5.74, 6) is 0. The molecule has 0 spiro atoms. The fourth-order valence-corrected chi connectivity index (χ4v) is 3.59. The molecule has 2 heteroatoms. The maximum Gasteiger partial charge on any atom is 0.0470 e. The molecule has 4 aromatic carbocycles. The third-order valence-electron chi connectivity index (χ3n) is 4.93. The Morgan fingerprint density at radius 3 is 2.11 bits per heavy atom. The first kappa shape index (κ1) is 15.6. The van der Waals surface area contributed by atoms with Crippen LogP contribution in [0.2, 0.25) is 0 Å². The number of nitrogens with zero attached hydrogens (tertiary/aromatic N) is 1. The van der Waals surface area contributed by atoms with Crippen molar-refractivity contribution in [2.24, 2.45) is 0 Å². The van der Waals surface area contributed by atoms with Gasteiger partial charge in [0.1, 0.15) is 0 Å². The van der Waals surface area contributed by atoms with E-state index in [1.54, 1.807) is 6.20 Å². The molecule has 0 aliphatic heterocycles. The van der Waals surface area contributed by atoms with Crippen LogP contribution in [0, 0.1) is 0 Å². The predicted molar refractivity (Wildman–Crippen MR) is 114 cm³/mol. The Hall–Kier alpha value is -3.65. The lowest BCUT2D eigenvalue weighted by Gasteiger charge is -2.13. The van der Waals surface area contributed by atoms with Gasteiger partial charge in [0.05, 0.1) is 0 Å². The summed E-state index contributed by atoms with van der Waals surface area (Å²) in [5, 5.41) is 8.62. The molecule has 0 saturated heterocycles. The second-order valence-corrected chi connectivity index (χ2v) is 6.63. The van der Waals surface area contributed by atoms with Crippen LogP contribution in [-0.2, 0) is 0 Å². The summed E-state index contributed by atoms with van der Waals surface area (Å²) in [7, 11) is 0. The number of fused-ring (bicyclic) bond motifs is 3. The summed E-state index contributed by atoms with van der Waals surface area (Å²) in [5.41, 5.74) is 4.48. The van der Waals surface area contributed by atoms with E-state index in [1.807, 2.05) is 12.3 Å². The lowest BCUT2D eigenvalue weighted by atomic mass is 10.00. The average molecular weight is 346 g/mol. The van der Waals surface area contributed by atoms with Gasteiger partial charge in [0, 0.05) is 29.2 Å². The van der Waals surface area contributed by atoms with E-state index in [1.165, 1.54) is 21.5 Å². The molecule has 0 atom stereocenters. The highest BCUT2D eigenvalue weighted by atomic mass is 14.9. The molecule has 1 N–H and O–H groups in total. The zero-order valence-corrected chi connectivity index (χ0v) is 14.8. The molecule has 128 valence electrons. The third-order valence-corrected chi connectivity index (χ3v) is 4.93. The van der Waals surface area contributed by atoms with Gasteiger partial charge in [0.25, 0.3) is 0 Å². The van der Waals surface area contributed by atoms with Crippen molar-refractivity contribution < 1.29 is 0 Å². The molecule has 2 nitrogen and oxygen atoms in total. The Labute approximate surface area is 158 Å². The summed E-state index contributed by atoms with van der Waals surface area (Å²) in [6.07, 6.45) is 3.68. The van der Waals surface area contributed by atoms with Gasteiger partial charge in [-0.3, -0.25) is 4.98 Å². The van der Waals surface area contributed by atoms with E-state index in [4.69, 9.17) is 0 Å². The molecule has 0 bridgehead atoms. The largest absolute Gasteiger partial charge is 0.355 e. The van der Waals surface area contributed by atoms with Crippen LogP contribution in [0.15, 0.2) is 103 Å². The number of nitrogens with one attached hydrogen (secondary N) is 1. The van der Waals surface area contributed by atoms with Crippen molar-refractivity contribution in [3.63, 3.8) is 0 Å². The molecule has 27 heavy (non-hydrogen) atoms. The van der Waals surface area contributed by atoms with Crippen LogP contribution in [0.4, 0.5) is 11.4 Å². The summed E-state index contributed by atoms with van der Waals surface area (Å²) in [6.45, 7) is 0. The van der Waals surface area contributed by atoms with E-state index in [9.17, 15) is 0 Å². The van der Waals surface area contributed by atoms with Crippen LogP contribution in [0.25, 0.3) is 32.7 Å². The fourth-order valence-electron chi connectivity index (χ4n) is 3.59. The van der Waals surface area contributed by atoms with Crippen LogP contribution in [-0.4, -0.2) is 4.98 Å². The van der Waals surface area contributed by atoms with Crippen LogP contribution < -0.4 is 5.32 Å². The zero-order valence-electron chi connectivity index (χ0n) is 14.8. The predicted octanol–water partition coefficient (Wildman–Crippen LogP) is 6.80. The Balaban J connectivity index is 1.56. The summed E-state index contributed by atoms with van der Waals surface area (Å²) in [4.78, 5) is 4.20. The molecule has 1 aromatic heterocycles. The van der Waals surface area contributed by atoms with Crippen molar-refractivity contribution in [3.8, 4) is 11.1 Å². The highest BCUT2D eigenvalue weighted by Gasteiger charge is 2.06. The zero-order chi connectivity index (χ0) is 18.1. The van der Waals surface area contributed by atoms with Crippen molar-refractivity contribution in [2.45, 2.75) is 0 Å². The monoisotopic (exact) mass is 346 g/mol. The van der Waals surface area contributed by atoms with Crippen molar-refractivity contribution in [1.82, 2.24) is 4.98 Å². The molecule has 5 rings (SSSR count). The van der Waals surface area contributed by atoms with E-state index in [-0.39, 0.29) is 0 Å². The number of pyridine rings is 1. The fraction of sp³-hybridized carbons (Fsp3) is 0. The second kappa shape index (κ2) is 6.58. The van der Waals surface area contributed by atoms with Gasteiger partial charge in [-0.15, -0.1) is 0 Å². The smallest absolute Gasteiger partial charge is 0.0470 e. The van der Waals surface area contributed by atoms with E-state index in [0.29, 0.717) is 0 Å². The van der Waals surface area contributed by atoms with Crippen LogP contribution in [0.3, 0.4) is 0 Å². The Morgan fingerprint density at radius 2 is 1.33 bits per heavy atom. The van der Waals surface area contributed by atoms with Gasteiger partial charge in [-0.2, -0.15) is 0 Å². The van der Waals surface area contributed by atoms with Gasteiger partial charge >= 0.3 is 0 Å². The van der Waals surface area contributed by atoms with Gasteiger partial charge in [0.15, 0.2) is 0 Å². The normalized spacial score (nSPS) is 11.0. The minimum atomic E-state index is 1.07. The van der Waals surface area contributed by atoms with Crippen LogP contribution in [0.5, 0.6) is 0 Å². The first-order valence-corrected chi connectivity index (χ1v) is 9.06. The number of aromatic nitrogens is 1. The Bertz CT molecular complexity index is 1230. The van der Waals surface area contributed by atoms with Crippen molar-refractivity contribution in [3.05, 3.63) is 103 Å². The molecule has 0 unspecified atom stereocenters. The number of benzene rings is 4. The van der Waals surface area contributed by atoms with Crippen LogP contribution in [0.1, 0.15) is 0 Å². The van der Waals surface area contributed by atoms with Crippen molar-refractivity contribution in [1.29, 1.82) is 0 Å². The topological polar surface area (TPSA) is 24.9 Å². The molecular weight excluding hydrogens is 328 g/mol. The Morgan fingerprint density at radius 1 is 0.593 bits per heavy atom. The molecule has 0 aliphatic rings. The number of hydrogen-bond donors (Lipinski definition) is 1. The van der Waals surface area contributed by atoms with Gasteiger partial charge in [-0.05, 0) is 51.6 Å². The van der Waals surface area contributed by atoms with Gasteiger partial charge in [-0.1, -0.05) is 66.7 Å². The highest BCUT2D eigenvalue weighted by Crippen LogP contribution is 2.33. The molecule has 0 aliphatic carbocycles. The van der Waals surface area contributed by atoms with Crippen molar-refractivity contribution in [2.75, 3.05) is 5.32 Å². The lowest BCUT2D eigenvalue weighted by molar-refractivity contribution is 1.33. The minimum absolute atomic E-state index is 1.07. The van der Waals surface area contributed by atoms with Crippen molar-refractivity contribution >= 4 is 32.9 Å². The van der Waals surface area contributed by atoms with Crippen LogP contribution >= 0.6 is 0 Å². The summed E-state index contributed by atoms with van der Waals surface area (Å²) >= 11 is 0. The maximum atomic E-state index is 4.20. The maximum absolute atomic E-state index is 4.20.